The van der Waals surface area contributed by atoms with Gasteiger partial charge in [-0.2, -0.15) is 0 Å². The molecule has 1 aromatic carbocycles. The third kappa shape index (κ3) is 3.71. The van der Waals surface area contributed by atoms with Crippen LogP contribution in [0.2, 0.25) is 0 Å². The van der Waals surface area contributed by atoms with Gasteiger partial charge in [-0.15, -0.1) is 0 Å². The SMILES string of the molecule is CCNC(C)c1ccc(N2CC(C)OC(C)C2)cc1. The molecule has 19 heavy (non-hydrogen) atoms. The minimum absolute atomic E-state index is 0.309. The Hall–Kier alpha value is -1.06. The van der Waals surface area contributed by atoms with Crippen LogP contribution in [0.5, 0.6) is 0 Å². The number of anilines is 1. The van der Waals surface area contributed by atoms with Crippen molar-refractivity contribution in [2.24, 2.45) is 0 Å². The van der Waals surface area contributed by atoms with Crippen LogP contribution in [0.4, 0.5) is 5.69 Å². The second-order valence-corrected chi connectivity index (χ2v) is 5.53. The van der Waals surface area contributed by atoms with Crippen LogP contribution in [-0.4, -0.2) is 31.8 Å². The van der Waals surface area contributed by atoms with E-state index in [1.807, 2.05) is 0 Å². The number of nitrogens with zero attached hydrogens (tertiary/aromatic N) is 1. The van der Waals surface area contributed by atoms with Gasteiger partial charge in [0.1, 0.15) is 0 Å². The Kier molecular flexibility index (Phi) is 4.83. The molecule has 0 aliphatic carbocycles. The van der Waals surface area contributed by atoms with E-state index >= 15 is 0 Å². The molecule has 3 heteroatoms. The molecule has 0 amide bonds. The molecular weight excluding hydrogens is 236 g/mol. The molecular formula is C16H26N2O. The van der Waals surface area contributed by atoms with Gasteiger partial charge in [0, 0.05) is 24.8 Å². The number of nitrogens with one attached hydrogen (secondary N) is 1. The van der Waals surface area contributed by atoms with Crippen molar-refractivity contribution < 1.29 is 4.74 Å². The van der Waals surface area contributed by atoms with Crippen molar-refractivity contribution in [1.29, 1.82) is 0 Å². The first-order valence-corrected chi connectivity index (χ1v) is 7.34. The van der Waals surface area contributed by atoms with E-state index in [4.69, 9.17) is 4.74 Å². The fourth-order valence-corrected chi connectivity index (χ4v) is 2.79. The van der Waals surface area contributed by atoms with E-state index in [9.17, 15) is 0 Å². The Morgan fingerprint density at radius 2 is 1.79 bits per heavy atom. The van der Waals surface area contributed by atoms with E-state index in [1.54, 1.807) is 0 Å². The second kappa shape index (κ2) is 6.40. The van der Waals surface area contributed by atoms with Crippen molar-refractivity contribution in [3.63, 3.8) is 0 Å². The summed E-state index contributed by atoms with van der Waals surface area (Å²) < 4.78 is 5.78. The zero-order valence-electron chi connectivity index (χ0n) is 12.5. The van der Waals surface area contributed by atoms with Crippen molar-refractivity contribution in [2.45, 2.75) is 45.9 Å². The van der Waals surface area contributed by atoms with E-state index in [1.165, 1.54) is 11.3 Å². The average molecular weight is 262 g/mol. The van der Waals surface area contributed by atoms with Gasteiger partial charge in [0.25, 0.3) is 0 Å². The number of rotatable bonds is 4. The van der Waals surface area contributed by atoms with Crippen molar-refractivity contribution in [3.05, 3.63) is 29.8 Å². The molecule has 1 aliphatic heterocycles. The number of hydrogen-bond donors (Lipinski definition) is 1. The van der Waals surface area contributed by atoms with Crippen LogP contribution in [0.1, 0.15) is 39.3 Å². The first-order valence-electron chi connectivity index (χ1n) is 7.34. The van der Waals surface area contributed by atoms with Gasteiger partial charge >= 0.3 is 0 Å². The Labute approximate surface area is 116 Å². The highest BCUT2D eigenvalue weighted by Crippen LogP contribution is 2.22. The Balaban J connectivity index is 2.05. The van der Waals surface area contributed by atoms with Gasteiger partial charge in [-0.25, -0.2) is 0 Å². The summed E-state index contributed by atoms with van der Waals surface area (Å²) >= 11 is 0. The zero-order valence-corrected chi connectivity index (χ0v) is 12.5. The molecule has 1 fully saturated rings. The number of benzene rings is 1. The third-order valence-corrected chi connectivity index (χ3v) is 3.69. The summed E-state index contributed by atoms with van der Waals surface area (Å²) in [5.74, 6) is 0. The molecule has 3 nitrogen and oxygen atoms in total. The molecule has 1 heterocycles. The van der Waals surface area contributed by atoms with E-state index in [0.29, 0.717) is 18.2 Å². The Morgan fingerprint density at radius 1 is 1.21 bits per heavy atom. The molecule has 1 aliphatic rings. The standard InChI is InChI=1S/C16H26N2O/c1-5-17-14(4)15-6-8-16(9-7-15)18-10-12(2)19-13(3)11-18/h6-9,12-14,17H,5,10-11H2,1-4H3. The van der Waals surface area contributed by atoms with Crippen molar-refractivity contribution in [3.8, 4) is 0 Å². The highest BCUT2D eigenvalue weighted by atomic mass is 16.5. The molecule has 1 N–H and O–H groups in total. The Bertz CT molecular complexity index is 380. The van der Waals surface area contributed by atoms with Gasteiger partial charge in [0.05, 0.1) is 12.2 Å². The lowest BCUT2D eigenvalue weighted by Crippen LogP contribution is -2.45. The van der Waals surface area contributed by atoms with Gasteiger partial charge < -0.3 is 15.0 Å². The fraction of sp³-hybridized carbons (Fsp3) is 0.625. The molecule has 0 saturated carbocycles. The summed E-state index contributed by atoms with van der Waals surface area (Å²) in [7, 11) is 0. The van der Waals surface area contributed by atoms with Gasteiger partial charge in [-0.05, 0) is 45.0 Å². The van der Waals surface area contributed by atoms with Crippen LogP contribution in [0.25, 0.3) is 0 Å². The van der Waals surface area contributed by atoms with Crippen LogP contribution >= 0.6 is 0 Å². The molecule has 0 aromatic heterocycles. The Morgan fingerprint density at radius 3 is 2.32 bits per heavy atom. The predicted molar refractivity (Wildman–Crippen MR) is 80.8 cm³/mol. The quantitative estimate of drug-likeness (QED) is 0.903. The van der Waals surface area contributed by atoms with E-state index in [0.717, 1.165) is 19.6 Å². The largest absolute Gasteiger partial charge is 0.372 e. The molecule has 0 radical (unpaired) electrons. The monoisotopic (exact) mass is 262 g/mol. The highest BCUT2D eigenvalue weighted by Gasteiger charge is 2.22. The predicted octanol–water partition coefficient (Wildman–Crippen LogP) is 2.97. The normalized spacial score (nSPS) is 25.4. The van der Waals surface area contributed by atoms with Gasteiger partial charge in [-0.3, -0.25) is 0 Å². The first-order chi connectivity index (χ1) is 9.10. The number of hydrogen-bond acceptors (Lipinski definition) is 3. The lowest BCUT2D eigenvalue weighted by molar-refractivity contribution is -0.00521. The van der Waals surface area contributed by atoms with Crippen molar-refractivity contribution in [2.75, 3.05) is 24.5 Å². The summed E-state index contributed by atoms with van der Waals surface area (Å²) in [5, 5.41) is 3.44. The van der Waals surface area contributed by atoms with Gasteiger partial charge in [0.15, 0.2) is 0 Å². The molecule has 0 spiro atoms. The molecule has 3 atom stereocenters. The maximum absolute atomic E-state index is 5.78. The van der Waals surface area contributed by atoms with Gasteiger partial charge in [-0.1, -0.05) is 19.1 Å². The fourth-order valence-electron chi connectivity index (χ4n) is 2.79. The molecule has 2 rings (SSSR count). The smallest absolute Gasteiger partial charge is 0.0726 e. The summed E-state index contributed by atoms with van der Waals surface area (Å²) in [5.41, 5.74) is 2.65. The van der Waals surface area contributed by atoms with Crippen molar-refractivity contribution >= 4 is 5.69 Å². The second-order valence-electron chi connectivity index (χ2n) is 5.53. The minimum Gasteiger partial charge on any atom is -0.372 e. The van der Waals surface area contributed by atoms with E-state index in [-0.39, 0.29) is 0 Å². The topological polar surface area (TPSA) is 24.5 Å². The summed E-state index contributed by atoms with van der Waals surface area (Å²) in [6.45, 7) is 11.6. The average Bonchev–Trinajstić information content (AvgIpc) is 2.38. The van der Waals surface area contributed by atoms with E-state index < -0.39 is 0 Å². The van der Waals surface area contributed by atoms with E-state index in [2.05, 4.69) is 62.2 Å². The van der Waals surface area contributed by atoms with Crippen LogP contribution in [0.15, 0.2) is 24.3 Å². The first kappa shape index (κ1) is 14.4. The van der Waals surface area contributed by atoms with Gasteiger partial charge in [0.2, 0.25) is 0 Å². The lowest BCUT2D eigenvalue weighted by atomic mass is 10.1. The summed E-state index contributed by atoms with van der Waals surface area (Å²) in [4.78, 5) is 2.42. The number of morpholine rings is 1. The molecule has 1 aromatic rings. The molecule has 3 unspecified atom stereocenters. The molecule has 0 bridgehead atoms. The van der Waals surface area contributed by atoms with Crippen molar-refractivity contribution in [1.82, 2.24) is 5.32 Å². The molecule has 1 saturated heterocycles. The van der Waals surface area contributed by atoms with Crippen LogP contribution in [0.3, 0.4) is 0 Å². The highest BCUT2D eigenvalue weighted by molar-refractivity contribution is 5.48. The maximum Gasteiger partial charge on any atom is 0.0726 e. The minimum atomic E-state index is 0.309. The van der Waals surface area contributed by atoms with Crippen LogP contribution in [0, 0.1) is 0 Å². The summed E-state index contributed by atoms with van der Waals surface area (Å²) in [6, 6.07) is 9.34. The zero-order chi connectivity index (χ0) is 13.8. The van der Waals surface area contributed by atoms with Crippen LogP contribution in [-0.2, 0) is 4.74 Å². The molecule has 106 valence electrons. The summed E-state index contributed by atoms with van der Waals surface area (Å²) in [6.07, 6.45) is 0.619. The lowest BCUT2D eigenvalue weighted by Gasteiger charge is -2.37. The maximum atomic E-state index is 5.78. The van der Waals surface area contributed by atoms with Crippen LogP contribution < -0.4 is 10.2 Å². The third-order valence-electron chi connectivity index (χ3n) is 3.69. The number of ether oxygens (including phenoxy) is 1.